The van der Waals surface area contributed by atoms with Gasteiger partial charge in [-0.05, 0) is 54.6 Å². The standard InChI is InChI=1S/C17H24O/c1-16(2)9-10-17(18,12-16)15-8-4-7-14(11-15)13-5-3-6-13/h4,7-8,11,13,18H,3,5-6,9-10,12H2,1-2H3. The van der Waals surface area contributed by atoms with E-state index in [4.69, 9.17) is 0 Å². The smallest absolute Gasteiger partial charge is 0.0902 e. The maximum Gasteiger partial charge on any atom is 0.0902 e. The van der Waals surface area contributed by atoms with Gasteiger partial charge in [0.2, 0.25) is 0 Å². The summed E-state index contributed by atoms with van der Waals surface area (Å²) >= 11 is 0. The molecule has 1 N–H and O–H groups in total. The Morgan fingerprint density at radius 3 is 2.50 bits per heavy atom. The average Bonchev–Trinajstić information content (AvgIpc) is 2.52. The summed E-state index contributed by atoms with van der Waals surface area (Å²) in [6.07, 6.45) is 6.95. The monoisotopic (exact) mass is 244 g/mol. The van der Waals surface area contributed by atoms with Crippen LogP contribution in [0.15, 0.2) is 24.3 Å². The molecule has 3 rings (SSSR count). The largest absolute Gasteiger partial charge is 0.385 e. The summed E-state index contributed by atoms with van der Waals surface area (Å²) in [5.74, 6) is 0.753. The Labute approximate surface area is 110 Å². The number of benzene rings is 1. The second kappa shape index (κ2) is 4.09. The highest BCUT2D eigenvalue weighted by Gasteiger charge is 2.43. The Kier molecular flexibility index (Phi) is 2.78. The summed E-state index contributed by atoms with van der Waals surface area (Å²) < 4.78 is 0. The molecule has 1 nitrogen and oxygen atoms in total. The van der Waals surface area contributed by atoms with Gasteiger partial charge in [0, 0.05) is 0 Å². The van der Waals surface area contributed by atoms with E-state index in [1.54, 1.807) is 0 Å². The van der Waals surface area contributed by atoms with Crippen molar-refractivity contribution in [3.05, 3.63) is 35.4 Å². The molecule has 0 heterocycles. The van der Waals surface area contributed by atoms with Gasteiger partial charge in [-0.15, -0.1) is 0 Å². The van der Waals surface area contributed by atoms with Crippen molar-refractivity contribution in [2.24, 2.45) is 5.41 Å². The van der Waals surface area contributed by atoms with Crippen molar-refractivity contribution in [3.8, 4) is 0 Å². The van der Waals surface area contributed by atoms with Gasteiger partial charge in [-0.25, -0.2) is 0 Å². The van der Waals surface area contributed by atoms with E-state index in [9.17, 15) is 5.11 Å². The van der Waals surface area contributed by atoms with E-state index in [-0.39, 0.29) is 5.41 Å². The lowest BCUT2D eigenvalue weighted by molar-refractivity contribution is 0.0337. The minimum atomic E-state index is -0.580. The molecule has 1 aromatic carbocycles. The average molecular weight is 244 g/mol. The van der Waals surface area contributed by atoms with E-state index in [2.05, 4.69) is 38.1 Å². The molecule has 0 aromatic heterocycles. The Balaban J connectivity index is 1.87. The van der Waals surface area contributed by atoms with Gasteiger partial charge in [0.25, 0.3) is 0 Å². The normalized spacial score (nSPS) is 31.3. The zero-order chi connectivity index (χ0) is 12.8. The molecule has 0 saturated heterocycles. The molecule has 1 unspecified atom stereocenters. The highest BCUT2D eigenvalue weighted by Crippen LogP contribution is 2.49. The maximum atomic E-state index is 10.9. The predicted octanol–water partition coefficient (Wildman–Crippen LogP) is 4.35. The summed E-state index contributed by atoms with van der Waals surface area (Å²) in [6, 6.07) is 8.75. The molecule has 1 atom stereocenters. The molecule has 0 aliphatic heterocycles. The van der Waals surface area contributed by atoms with Crippen molar-refractivity contribution in [1.82, 2.24) is 0 Å². The van der Waals surface area contributed by atoms with Crippen LogP contribution in [0.3, 0.4) is 0 Å². The van der Waals surface area contributed by atoms with Crippen molar-refractivity contribution in [2.45, 2.75) is 63.9 Å². The molecule has 2 aliphatic carbocycles. The van der Waals surface area contributed by atoms with Crippen LogP contribution >= 0.6 is 0 Å². The Bertz CT molecular complexity index is 445. The van der Waals surface area contributed by atoms with Gasteiger partial charge < -0.3 is 5.11 Å². The molecule has 1 heteroatoms. The summed E-state index contributed by atoms with van der Waals surface area (Å²) in [5.41, 5.74) is 2.29. The van der Waals surface area contributed by atoms with Crippen LogP contribution in [-0.2, 0) is 5.60 Å². The first-order valence-electron chi connectivity index (χ1n) is 7.31. The number of hydrogen-bond acceptors (Lipinski definition) is 1. The maximum absolute atomic E-state index is 10.9. The first kappa shape index (κ1) is 12.2. The van der Waals surface area contributed by atoms with Crippen LogP contribution in [0, 0.1) is 5.41 Å². The van der Waals surface area contributed by atoms with Gasteiger partial charge in [-0.1, -0.05) is 44.5 Å². The molecule has 0 bridgehead atoms. The minimum absolute atomic E-state index is 0.279. The molecular weight excluding hydrogens is 220 g/mol. The van der Waals surface area contributed by atoms with Gasteiger partial charge in [-0.3, -0.25) is 0 Å². The van der Waals surface area contributed by atoms with Gasteiger partial charge in [0.15, 0.2) is 0 Å². The molecule has 2 fully saturated rings. The van der Waals surface area contributed by atoms with E-state index in [0.29, 0.717) is 0 Å². The Hall–Kier alpha value is -0.820. The Morgan fingerprint density at radius 2 is 1.94 bits per heavy atom. The second-order valence-electron chi connectivity index (χ2n) is 7.13. The quantitative estimate of drug-likeness (QED) is 0.820. The number of rotatable bonds is 2. The van der Waals surface area contributed by atoms with Crippen molar-refractivity contribution < 1.29 is 5.11 Å². The molecule has 0 spiro atoms. The van der Waals surface area contributed by atoms with Crippen LogP contribution in [0.4, 0.5) is 0 Å². The first-order chi connectivity index (χ1) is 8.49. The number of hydrogen-bond donors (Lipinski definition) is 1. The van der Waals surface area contributed by atoms with Crippen LogP contribution in [0.25, 0.3) is 0 Å². The molecule has 1 aromatic rings. The van der Waals surface area contributed by atoms with E-state index < -0.39 is 5.60 Å². The summed E-state index contributed by atoms with van der Waals surface area (Å²) in [6.45, 7) is 4.53. The first-order valence-corrected chi connectivity index (χ1v) is 7.31. The van der Waals surface area contributed by atoms with E-state index in [1.165, 1.54) is 24.8 Å². The van der Waals surface area contributed by atoms with Crippen molar-refractivity contribution >= 4 is 0 Å². The second-order valence-corrected chi connectivity index (χ2v) is 7.13. The molecular formula is C17H24O. The molecule has 98 valence electrons. The van der Waals surface area contributed by atoms with Gasteiger partial charge >= 0.3 is 0 Å². The lowest BCUT2D eigenvalue weighted by Gasteiger charge is -2.29. The zero-order valence-corrected chi connectivity index (χ0v) is 11.6. The van der Waals surface area contributed by atoms with E-state index in [0.717, 1.165) is 30.7 Å². The highest BCUT2D eigenvalue weighted by atomic mass is 16.3. The molecule has 0 radical (unpaired) electrons. The van der Waals surface area contributed by atoms with E-state index in [1.807, 2.05) is 0 Å². The topological polar surface area (TPSA) is 20.2 Å². The number of aliphatic hydroxyl groups is 1. The highest BCUT2D eigenvalue weighted by molar-refractivity contribution is 5.32. The molecule has 2 aliphatic rings. The molecule has 2 saturated carbocycles. The third kappa shape index (κ3) is 2.09. The van der Waals surface area contributed by atoms with Crippen LogP contribution in [0.1, 0.15) is 69.4 Å². The van der Waals surface area contributed by atoms with Gasteiger partial charge in [0.05, 0.1) is 5.60 Å². The third-order valence-electron chi connectivity index (χ3n) is 4.99. The van der Waals surface area contributed by atoms with Crippen LogP contribution < -0.4 is 0 Å². The molecule has 0 amide bonds. The third-order valence-corrected chi connectivity index (χ3v) is 4.99. The van der Waals surface area contributed by atoms with Crippen molar-refractivity contribution in [3.63, 3.8) is 0 Å². The van der Waals surface area contributed by atoms with Crippen LogP contribution in [-0.4, -0.2) is 5.11 Å². The lowest BCUT2D eigenvalue weighted by atomic mass is 9.78. The summed E-state index contributed by atoms with van der Waals surface area (Å²) in [5, 5.41) is 10.9. The fourth-order valence-corrected chi connectivity index (χ4v) is 3.58. The lowest BCUT2D eigenvalue weighted by Crippen LogP contribution is -2.24. The summed E-state index contributed by atoms with van der Waals surface area (Å²) in [7, 11) is 0. The summed E-state index contributed by atoms with van der Waals surface area (Å²) in [4.78, 5) is 0. The van der Waals surface area contributed by atoms with E-state index >= 15 is 0 Å². The fourth-order valence-electron chi connectivity index (χ4n) is 3.58. The molecule has 18 heavy (non-hydrogen) atoms. The van der Waals surface area contributed by atoms with Crippen LogP contribution in [0.2, 0.25) is 0 Å². The van der Waals surface area contributed by atoms with Gasteiger partial charge in [-0.2, -0.15) is 0 Å². The fraction of sp³-hybridized carbons (Fsp3) is 0.647. The van der Waals surface area contributed by atoms with Crippen molar-refractivity contribution in [1.29, 1.82) is 0 Å². The Morgan fingerprint density at radius 1 is 1.17 bits per heavy atom. The zero-order valence-electron chi connectivity index (χ0n) is 11.6. The van der Waals surface area contributed by atoms with Crippen molar-refractivity contribution in [2.75, 3.05) is 0 Å². The SMILES string of the molecule is CC1(C)CCC(O)(c2cccc(C3CCC3)c2)C1. The van der Waals surface area contributed by atoms with Crippen LogP contribution in [0.5, 0.6) is 0 Å². The minimum Gasteiger partial charge on any atom is -0.385 e. The van der Waals surface area contributed by atoms with Gasteiger partial charge in [0.1, 0.15) is 0 Å². The predicted molar refractivity (Wildman–Crippen MR) is 74.6 cm³/mol.